The Labute approximate surface area is 183 Å². The predicted octanol–water partition coefficient (Wildman–Crippen LogP) is 4.54. The minimum atomic E-state index is -0.249. The molecule has 0 aliphatic heterocycles. The van der Waals surface area contributed by atoms with Crippen molar-refractivity contribution in [1.82, 2.24) is 9.88 Å². The fourth-order valence-corrected chi connectivity index (χ4v) is 3.49. The number of amides is 1. The van der Waals surface area contributed by atoms with E-state index in [4.69, 9.17) is 5.73 Å². The van der Waals surface area contributed by atoms with Gasteiger partial charge in [0.05, 0.1) is 22.6 Å². The molecular weight excluding hydrogens is 386 g/mol. The number of nitrogens with two attached hydrogens (primary N) is 1. The third-order valence-corrected chi connectivity index (χ3v) is 4.82. The van der Waals surface area contributed by atoms with E-state index in [0.717, 1.165) is 24.2 Å². The van der Waals surface area contributed by atoms with Crippen LogP contribution < -0.4 is 11.1 Å². The van der Waals surface area contributed by atoms with Crippen LogP contribution in [0.3, 0.4) is 0 Å². The number of nitriles is 1. The number of carbonyl (C=O) groups is 1. The second-order valence-electron chi connectivity index (χ2n) is 8.06. The molecule has 0 radical (unpaired) electrons. The topological polar surface area (TPSA) is 95.0 Å². The van der Waals surface area contributed by atoms with Gasteiger partial charge in [-0.1, -0.05) is 38.1 Å². The molecule has 0 fully saturated rings. The van der Waals surface area contributed by atoms with Crippen LogP contribution in [0.4, 0.5) is 11.4 Å². The van der Waals surface area contributed by atoms with Crippen LogP contribution in [-0.4, -0.2) is 29.4 Å². The van der Waals surface area contributed by atoms with Crippen LogP contribution in [0.5, 0.6) is 0 Å². The lowest BCUT2D eigenvalue weighted by molar-refractivity contribution is 0.102. The average molecular weight is 414 g/mol. The Morgan fingerprint density at radius 1 is 1.19 bits per heavy atom. The van der Waals surface area contributed by atoms with Crippen LogP contribution in [0.15, 0.2) is 60.8 Å². The summed E-state index contributed by atoms with van der Waals surface area (Å²) in [4.78, 5) is 19.3. The molecule has 2 aromatic carbocycles. The molecule has 1 amide bonds. The van der Waals surface area contributed by atoms with E-state index >= 15 is 0 Å². The van der Waals surface area contributed by atoms with E-state index in [2.05, 4.69) is 42.2 Å². The van der Waals surface area contributed by atoms with Gasteiger partial charge in [-0.15, -0.1) is 0 Å². The molecule has 0 saturated carbocycles. The molecule has 0 aliphatic carbocycles. The number of nitrogen functional groups attached to an aromatic ring is 1. The summed E-state index contributed by atoms with van der Waals surface area (Å²) in [5.41, 5.74) is 10.4. The molecule has 0 atom stereocenters. The first-order chi connectivity index (χ1) is 14.9. The maximum atomic E-state index is 12.5. The van der Waals surface area contributed by atoms with Crippen molar-refractivity contribution in [2.45, 2.75) is 20.4 Å². The van der Waals surface area contributed by atoms with Crippen LogP contribution in [0.2, 0.25) is 0 Å². The first kappa shape index (κ1) is 22.0. The number of nitrogens with zero attached hydrogens (tertiary/aromatic N) is 3. The summed E-state index contributed by atoms with van der Waals surface area (Å²) in [5.74, 6) is 0.322. The number of hydrogen-bond acceptors (Lipinski definition) is 5. The van der Waals surface area contributed by atoms with Crippen molar-refractivity contribution in [2.24, 2.45) is 5.92 Å². The number of rotatable bonds is 7. The number of anilines is 2. The van der Waals surface area contributed by atoms with E-state index in [-0.39, 0.29) is 5.91 Å². The Morgan fingerprint density at radius 3 is 2.55 bits per heavy atom. The van der Waals surface area contributed by atoms with Gasteiger partial charge in [-0.25, -0.2) is 0 Å². The van der Waals surface area contributed by atoms with Gasteiger partial charge in [0.25, 0.3) is 5.91 Å². The average Bonchev–Trinajstić information content (AvgIpc) is 2.74. The maximum absolute atomic E-state index is 12.5. The van der Waals surface area contributed by atoms with Gasteiger partial charge >= 0.3 is 0 Å². The van der Waals surface area contributed by atoms with Gasteiger partial charge in [-0.3, -0.25) is 9.78 Å². The summed E-state index contributed by atoms with van der Waals surface area (Å²) < 4.78 is 0. The molecule has 3 aromatic rings. The van der Waals surface area contributed by atoms with E-state index in [9.17, 15) is 10.1 Å². The van der Waals surface area contributed by atoms with Crippen LogP contribution in [0, 0.1) is 17.2 Å². The second kappa shape index (κ2) is 9.88. The summed E-state index contributed by atoms with van der Waals surface area (Å²) in [6.45, 7) is 6.07. The van der Waals surface area contributed by atoms with Crippen molar-refractivity contribution in [3.8, 4) is 17.3 Å². The zero-order chi connectivity index (χ0) is 22.4. The molecule has 3 rings (SSSR count). The van der Waals surface area contributed by atoms with Crippen LogP contribution in [0.1, 0.15) is 35.3 Å². The molecule has 1 aromatic heterocycles. The molecule has 3 N–H and O–H groups in total. The van der Waals surface area contributed by atoms with Gasteiger partial charge in [0.2, 0.25) is 0 Å². The normalized spacial score (nSPS) is 10.8. The minimum Gasteiger partial charge on any atom is -0.397 e. The lowest BCUT2D eigenvalue weighted by Gasteiger charge is -2.19. The van der Waals surface area contributed by atoms with Gasteiger partial charge in [-0.05, 0) is 48.9 Å². The first-order valence-electron chi connectivity index (χ1n) is 10.2. The van der Waals surface area contributed by atoms with Crippen molar-refractivity contribution in [3.63, 3.8) is 0 Å². The highest BCUT2D eigenvalue weighted by Crippen LogP contribution is 2.24. The fourth-order valence-electron chi connectivity index (χ4n) is 3.49. The smallest absolute Gasteiger partial charge is 0.255 e. The Bertz CT molecular complexity index is 1100. The summed E-state index contributed by atoms with van der Waals surface area (Å²) >= 11 is 0. The number of nitrogens with one attached hydrogen (secondary N) is 1. The first-order valence-corrected chi connectivity index (χ1v) is 10.2. The van der Waals surface area contributed by atoms with E-state index in [0.29, 0.717) is 34.1 Å². The molecule has 0 bridgehead atoms. The second-order valence-corrected chi connectivity index (χ2v) is 8.06. The zero-order valence-electron chi connectivity index (χ0n) is 18.1. The number of benzene rings is 2. The standard InChI is InChI=1S/C25H27N5O/c1-17(2)15-30(3)16-18-12-21(13-26)24(28-14-18)19-8-10-20(11-9-19)25(31)29-23-7-5-4-6-22(23)27/h4-12,14,17H,15-16,27H2,1-3H3,(H,29,31). The fraction of sp³-hybridized carbons (Fsp3) is 0.240. The molecule has 31 heavy (non-hydrogen) atoms. The Kier molecular flexibility index (Phi) is 7.01. The van der Waals surface area contributed by atoms with E-state index < -0.39 is 0 Å². The molecule has 158 valence electrons. The van der Waals surface area contributed by atoms with Crippen molar-refractivity contribution in [1.29, 1.82) is 5.26 Å². The largest absolute Gasteiger partial charge is 0.397 e. The van der Waals surface area contributed by atoms with E-state index in [1.807, 2.05) is 24.4 Å². The Hall–Kier alpha value is -3.69. The summed E-state index contributed by atoms with van der Waals surface area (Å²) in [7, 11) is 2.06. The van der Waals surface area contributed by atoms with Crippen molar-refractivity contribution in [2.75, 3.05) is 24.6 Å². The lowest BCUT2D eigenvalue weighted by atomic mass is 10.0. The molecule has 0 spiro atoms. The van der Waals surface area contributed by atoms with E-state index in [1.165, 1.54) is 0 Å². The highest BCUT2D eigenvalue weighted by atomic mass is 16.1. The van der Waals surface area contributed by atoms with Gasteiger partial charge in [0.1, 0.15) is 6.07 Å². The molecule has 0 saturated heterocycles. The molecule has 0 unspecified atom stereocenters. The monoisotopic (exact) mass is 413 g/mol. The number of pyridine rings is 1. The SMILES string of the molecule is CC(C)CN(C)Cc1cnc(-c2ccc(C(=O)Nc3ccccc3N)cc2)c(C#N)c1. The summed E-state index contributed by atoms with van der Waals surface area (Å²) in [6.07, 6.45) is 1.81. The third-order valence-electron chi connectivity index (χ3n) is 4.82. The van der Waals surface area contributed by atoms with Gasteiger partial charge in [-0.2, -0.15) is 5.26 Å². The zero-order valence-corrected chi connectivity index (χ0v) is 18.1. The number of aromatic nitrogens is 1. The molecule has 6 nitrogen and oxygen atoms in total. The van der Waals surface area contributed by atoms with Crippen molar-refractivity contribution < 1.29 is 4.79 Å². The summed E-state index contributed by atoms with van der Waals surface area (Å²) in [6, 6.07) is 18.3. The maximum Gasteiger partial charge on any atom is 0.255 e. The molecule has 0 aliphatic rings. The number of para-hydroxylation sites is 2. The number of hydrogen-bond donors (Lipinski definition) is 2. The molecule has 1 heterocycles. The van der Waals surface area contributed by atoms with Crippen LogP contribution in [0.25, 0.3) is 11.3 Å². The van der Waals surface area contributed by atoms with Crippen molar-refractivity contribution in [3.05, 3.63) is 77.5 Å². The van der Waals surface area contributed by atoms with Gasteiger partial charge in [0, 0.05) is 30.4 Å². The molecule has 6 heteroatoms. The predicted molar refractivity (Wildman–Crippen MR) is 124 cm³/mol. The van der Waals surface area contributed by atoms with Gasteiger partial charge < -0.3 is 16.0 Å². The lowest BCUT2D eigenvalue weighted by Crippen LogP contribution is -2.22. The summed E-state index contributed by atoms with van der Waals surface area (Å²) in [5, 5.41) is 12.4. The highest BCUT2D eigenvalue weighted by Gasteiger charge is 2.12. The highest BCUT2D eigenvalue weighted by molar-refractivity contribution is 6.05. The number of carbonyl (C=O) groups excluding carboxylic acids is 1. The van der Waals surface area contributed by atoms with Crippen molar-refractivity contribution >= 4 is 17.3 Å². The Balaban J connectivity index is 1.76. The third kappa shape index (κ3) is 5.68. The minimum absolute atomic E-state index is 0.249. The van der Waals surface area contributed by atoms with Crippen LogP contribution in [-0.2, 0) is 6.54 Å². The Morgan fingerprint density at radius 2 is 1.90 bits per heavy atom. The van der Waals surface area contributed by atoms with Gasteiger partial charge in [0.15, 0.2) is 0 Å². The van der Waals surface area contributed by atoms with Crippen LogP contribution >= 0.6 is 0 Å². The molecular formula is C25H27N5O. The van der Waals surface area contributed by atoms with E-state index in [1.54, 1.807) is 36.4 Å². The quantitative estimate of drug-likeness (QED) is 0.554.